The molecule has 0 aliphatic heterocycles. The lowest BCUT2D eigenvalue weighted by Crippen LogP contribution is -2.38. The summed E-state index contributed by atoms with van der Waals surface area (Å²) in [5.74, 6) is -0.763. The predicted molar refractivity (Wildman–Crippen MR) is 124 cm³/mol. The van der Waals surface area contributed by atoms with Crippen LogP contribution in [0.25, 0.3) is 0 Å². The van der Waals surface area contributed by atoms with Gasteiger partial charge in [-0.05, 0) is 29.7 Å². The summed E-state index contributed by atoms with van der Waals surface area (Å²) in [5.41, 5.74) is 2.81. The minimum Gasteiger partial charge on any atom is -0.465 e. The van der Waals surface area contributed by atoms with Gasteiger partial charge in [-0.1, -0.05) is 72.8 Å². The van der Waals surface area contributed by atoms with Crippen LogP contribution in [0.3, 0.4) is 0 Å². The zero-order valence-electron chi connectivity index (χ0n) is 18.1. The Morgan fingerprint density at radius 1 is 0.906 bits per heavy atom. The Hall–Kier alpha value is -3.48. The zero-order valence-corrected chi connectivity index (χ0v) is 18.1. The van der Waals surface area contributed by atoms with Crippen LogP contribution in [0.1, 0.15) is 33.9 Å². The number of aliphatic hydroxyl groups is 1. The lowest BCUT2D eigenvalue weighted by atomic mass is 9.96. The minimum atomic E-state index is -0.510. The van der Waals surface area contributed by atoms with Crippen molar-refractivity contribution in [2.45, 2.75) is 12.5 Å². The van der Waals surface area contributed by atoms with Gasteiger partial charge >= 0.3 is 5.97 Å². The second-order valence-corrected chi connectivity index (χ2v) is 7.36. The van der Waals surface area contributed by atoms with E-state index in [1.54, 1.807) is 24.3 Å². The third-order valence-corrected chi connectivity index (χ3v) is 5.15. The molecule has 1 amide bonds. The van der Waals surface area contributed by atoms with Crippen molar-refractivity contribution in [3.05, 3.63) is 102 Å². The van der Waals surface area contributed by atoms with Gasteiger partial charge in [0.2, 0.25) is 5.91 Å². The lowest BCUT2D eigenvalue weighted by Gasteiger charge is -2.32. The van der Waals surface area contributed by atoms with Gasteiger partial charge in [0.05, 0.1) is 30.9 Å². The average molecular weight is 433 g/mol. The molecule has 0 saturated heterocycles. The standard InChI is InChI=1S/C26H28N2O4/c1-32-26(31)22-15-8-9-16-23(22)27-24(30)19-28(17-10-18-29)25(20-11-4-2-5-12-20)21-13-6-3-7-14-21/h2-9,11-16,25,29H,10,17-19H2,1H3,(H,27,30). The van der Waals surface area contributed by atoms with Crippen LogP contribution in [0.4, 0.5) is 5.69 Å². The van der Waals surface area contributed by atoms with E-state index in [1.807, 2.05) is 65.6 Å². The monoisotopic (exact) mass is 432 g/mol. The first-order valence-corrected chi connectivity index (χ1v) is 10.6. The number of para-hydroxylation sites is 1. The highest BCUT2D eigenvalue weighted by atomic mass is 16.5. The molecule has 6 heteroatoms. The first-order valence-electron chi connectivity index (χ1n) is 10.6. The number of nitrogens with zero attached hydrogens (tertiary/aromatic N) is 1. The molecule has 0 unspecified atom stereocenters. The first-order chi connectivity index (χ1) is 15.6. The van der Waals surface area contributed by atoms with E-state index < -0.39 is 5.97 Å². The molecule has 3 rings (SSSR count). The number of methoxy groups -OCH3 is 1. The van der Waals surface area contributed by atoms with Crippen molar-refractivity contribution < 1.29 is 19.4 Å². The molecule has 0 aliphatic carbocycles. The van der Waals surface area contributed by atoms with Crippen molar-refractivity contribution in [2.24, 2.45) is 0 Å². The summed E-state index contributed by atoms with van der Waals surface area (Å²) in [4.78, 5) is 27.1. The van der Waals surface area contributed by atoms with Crippen LogP contribution in [-0.4, -0.2) is 48.7 Å². The summed E-state index contributed by atoms with van der Waals surface area (Å²) in [6, 6.07) is 26.6. The molecule has 166 valence electrons. The van der Waals surface area contributed by atoms with Gasteiger partial charge in [-0.25, -0.2) is 4.79 Å². The lowest BCUT2D eigenvalue weighted by molar-refractivity contribution is -0.117. The molecule has 0 atom stereocenters. The number of ether oxygens (including phenoxy) is 1. The number of aliphatic hydroxyl groups excluding tert-OH is 1. The predicted octanol–water partition coefficient (Wildman–Crippen LogP) is 3.89. The molecule has 3 aromatic rings. The van der Waals surface area contributed by atoms with Crippen LogP contribution >= 0.6 is 0 Å². The summed E-state index contributed by atoms with van der Waals surface area (Å²) < 4.78 is 4.82. The molecule has 0 heterocycles. The molecule has 0 radical (unpaired) electrons. The largest absolute Gasteiger partial charge is 0.465 e. The summed E-state index contributed by atoms with van der Waals surface area (Å²) >= 11 is 0. The molecule has 2 N–H and O–H groups in total. The van der Waals surface area contributed by atoms with Crippen molar-refractivity contribution in [2.75, 3.05) is 32.1 Å². The van der Waals surface area contributed by atoms with E-state index >= 15 is 0 Å². The second kappa shape index (κ2) is 11.8. The zero-order chi connectivity index (χ0) is 22.8. The highest BCUT2D eigenvalue weighted by Gasteiger charge is 2.24. The summed E-state index contributed by atoms with van der Waals surface area (Å²) in [6.45, 7) is 0.639. The topological polar surface area (TPSA) is 78.9 Å². The second-order valence-electron chi connectivity index (χ2n) is 7.36. The summed E-state index contributed by atoms with van der Waals surface area (Å²) in [6.07, 6.45) is 0.530. The summed E-state index contributed by atoms with van der Waals surface area (Å²) in [7, 11) is 1.31. The molecule has 0 bridgehead atoms. The number of rotatable bonds is 10. The van der Waals surface area contributed by atoms with Crippen LogP contribution < -0.4 is 5.32 Å². The number of esters is 1. The molecule has 0 aliphatic rings. The number of hydrogen-bond donors (Lipinski definition) is 2. The number of carbonyl (C=O) groups excluding carboxylic acids is 2. The average Bonchev–Trinajstić information content (AvgIpc) is 2.83. The molecule has 32 heavy (non-hydrogen) atoms. The molecule has 6 nitrogen and oxygen atoms in total. The van der Waals surface area contributed by atoms with Gasteiger partial charge in [-0.2, -0.15) is 0 Å². The quantitative estimate of drug-likeness (QED) is 0.475. The van der Waals surface area contributed by atoms with Crippen molar-refractivity contribution in [1.82, 2.24) is 4.90 Å². The van der Waals surface area contributed by atoms with Crippen LogP contribution in [0, 0.1) is 0 Å². The van der Waals surface area contributed by atoms with E-state index in [-0.39, 0.29) is 25.1 Å². The maximum absolute atomic E-state index is 13.0. The van der Waals surface area contributed by atoms with E-state index in [4.69, 9.17) is 4.74 Å². The van der Waals surface area contributed by atoms with E-state index in [2.05, 4.69) is 5.32 Å². The van der Waals surface area contributed by atoms with Crippen molar-refractivity contribution in [3.63, 3.8) is 0 Å². The number of benzene rings is 3. The van der Waals surface area contributed by atoms with Gasteiger partial charge < -0.3 is 15.2 Å². The van der Waals surface area contributed by atoms with Gasteiger partial charge in [0.15, 0.2) is 0 Å². The number of anilines is 1. The SMILES string of the molecule is COC(=O)c1ccccc1NC(=O)CN(CCCO)C(c1ccccc1)c1ccccc1. The fourth-order valence-corrected chi connectivity index (χ4v) is 3.71. The van der Waals surface area contributed by atoms with Crippen LogP contribution in [0.2, 0.25) is 0 Å². The fraction of sp³-hybridized carbons (Fsp3) is 0.231. The van der Waals surface area contributed by atoms with Gasteiger partial charge in [-0.15, -0.1) is 0 Å². The molecule has 0 saturated carbocycles. The maximum Gasteiger partial charge on any atom is 0.339 e. The van der Waals surface area contributed by atoms with Crippen LogP contribution in [0.15, 0.2) is 84.9 Å². The maximum atomic E-state index is 13.0. The van der Waals surface area contributed by atoms with E-state index in [1.165, 1.54) is 7.11 Å². The molecule has 0 aromatic heterocycles. The van der Waals surface area contributed by atoms with Gasteiger partial charge in [0, 0.05) is 13.2 Å². The highest BCUT2D eigenvalue weighted by Crippen LogP contribution is 2.29. The van der Waals surface area contributed by atoms with Crippen LogP contribution in [0.5, 0.6) is 0 Å². The molecule has 0 spiro atoms. The minimum absolute atomic E-state index is 0.0274. The molecule has 3 aromatic carbocycles. The smallest absolute Gasteiger partial charge is 0.339 e. The summed E-state index contributed by atoms with van der Waals surface area (Å²) in [5, 5.41) is 12.3. The Kier molecular flexibility index (Phi) is 8.54. The van der Waals surface area contributed by atoms with E-state index in [0.29, 0.717) is 24.2 Å². The molecular weight excluding hydrogens is 404 g/mol. The Morgan fingerprint density at radius 3 is 2.03 bits per heavy atom. The first kappa shape index (κ1) is 23.2. The third kappa shape index (κ3) is 6.03. The normalized spacial score (nSPS) is 10.9. The van der Waals surface area contributed by atoms with Gasteiger partial charge in [-0.3, -0.25) is 9.69 Å². The Labute approximate surface area is 188 Å². The Bertz CT molecular complexity index is 969. The highest BCUT2D eigenvalue weighted by molar-refractivity contribution is 6.01. The Morgan fingerprint density at radius 2 is 1.47 bits per heavy atom. The van der Waals surface area contributed by atoms with E-state index in [0.717, 1.165) is 11.1 Å². The number of nitrogens with one attached hydrogen (secondary N) is 1. The number of amides is 1. The third-order valence-electron chi connectivity index (χ3n) is 5.15. The number of carbonyl (C=O) groups is 2. The van der Waals surface area contributed by atoms with Crippen LogP contribution in [-0.2, 0) is 9.53 Å². The molecular formula is C26H28N2O4. The number of hydrogen-bond acceptors (Lipinski definition) is 5. The molecule has 0 fully saturated rings. The van der Waals surface area contributed by atoms with E-state index in [9.17, 15) is 14.7 Å². The Balaban J connectivity index is 1.88. The van der Waals surface area contributed by atoms with Gasteiger partial charge in [0.1, 0.15) is 0 Å². The fourth-order valence-electron chi connectivity index (χ4n) is 3.71. The van der Waals surface area contributed by atoms with Crippen molar-refractivity contribution in [1.29, 1.82) is 0 Å². The van der Waals surface area contributed by atoms with Gasteiger partial charge in [0.25, 0.3) is 0 Å². The van der Waals surface area contributed by atoms with Crippen molar-refractivity contribution in [3.8, 4) is 0 Å². The van der Waals surface area contributed by atoms with Crippen molar-refractivity contribution >= 4 is 17.6 Å².